The highest BCUT2D eigenvalue weighted by Gasteiger charge is 2.10. The minimum Gasteiger partial charge on any atom is -0.494 e. The van der Waals surface area contributed by atoms with Crippen molar-refractivity contribution in [1.82, 2.24) is 5.32 Å². The van der Waals surface area contributed by atoms with Crippen LogP contribution in [0.5, 0.6) is 11.5 Å². The van der Waals surface area contributed by atoms with E-state index in [0.29, 0.717) is 40.9 Å². The van der Waals surface area contributed by atoms with Crippen LogP contribution >= 0.6 is 11.6 Å². The number of benzene rings is 2. The highest BCUT2D eigenvalue weighted by molar-refractivity contribution is 6.30. The maximum Gasteiger partial charge on any atom is 0.311 e. The number of nitrogens with zero attached hydrogens (tertiary/aromatic N) is 1. The number of esters is 1. The molecule has 1 heterocycles. The van der Waals surface area contributed by atoms with Gasteiger partial charge in [0.25, 0.3) is 5.91 Å². The van der Waals surface area contributed by atoms with E-state index in [-0.39, 0.29) is 24.5 Å². The number of rotatable bonds is 10. The standard InChI is InChI=1S/C25H21ClN2O5/c26-20-7-11-21(12-8-20)31-14-2-4-24(29)33-22-9-5-18(6-10-22)15-19(16-27)25(30)28-17-23-3-1-13-32-23/h1,3,5-13,15H,2,4,14,17H2,(H,28,30)/b19-15+. The highest BCUT2D eigenvalue weighted by atomic mass is 35.5. The Morgan fingerprint density at radius 1 is 1.06 bits per heavy atom. The maximum atomic E-state index is 12.2. The largest absolute Gasteiger partial charge is 0.494 e. The number of hydrogen-bond acceptors (Lipinski definition) is 6. The summed E-state index contributed by atoms with van der Waals surface area (Å²) in [5.41, 5.74) is 0.572. The van der Waals surface area contributed by atoms with Crippen LogP contribution in [-0.4, -0.2) is 18.5 Å². The Labute approximate surface area is 196 Å². The predicted molar refractivity (Wildman–Crippen MR) is 122 cm³/mol. The van der Waals surface area contributed by atoms with Crippen molar-refractivity contribution in [2.45, 2.75) is 19.4 Å². The minimum atomic E-state index is -0.509. The van der Waals surface area contributed by atoms with E-state index in [1.807, 2.05) is 6.07 Å². The molecule has 0 saturated heterocycles. The van der Waals surface area contributed by atoms with Crippen LogP contribution in [-0.2, 0) is 16.1 Å². The van der Waals surface area contributed by atoms with Crippen LogP contribution in [0.1, 0.15) is 24.2 Å². The summed E-state index contributed by atoms with van der Waals surface area (Å²) in [5.74, 6) is 0.751. The van der Waals surface area contributed by atoms with Crippen LogP contribution in [0.15, 0.2) is 76.9 Å². The van der Waals surface area contributed by atoms with Gasteiger partial charge in [-0.1, -0.05) is 23.7 Å². The van der Waals surface area contributed by atoms with E-state index in [1.165, 1.54) is 12.3 Å². The van der Waals surface area contributed by atoms with Crippen molar-refractivity contribution in [3.63, 3.8) is 0 Å². The molecule has 33 heavy (non-hydrogen) atoms. The van der Waals surface area contributed by atoms with E-state index in [4.69, 9.17) is 25.5 Å². The Bertz CT molecular complexity index is 1130. The van der Waals surface area contributed by atoms with E-state index in [9.17, 15) is 14.9 Å². The van der Waals surface area contributed by atoms with Crippen molar-refractivity contribution >= 4 is 29.6 Å². The SMILES string of the molecule is N#C/C(=C\c1ccc(OC(=O)CCCOc2ccc(Cl)cc2)cc1)C(=O)NCc1ccco1. The molecule has 1 N–H and O–H groups in total. The lowest BCUT2D eigenvalue weighted by Gasteiger charge is -2.07. The van der Waals surface area contributed by atoms with Gasteiger partial charge in [-0.05, 0) is 66.6 Å². The van der Waals surface area contributed by atoms with Crippen molar-refractivity contribution in [2.24, 2.45) is 0 Å². The second kappa shape index (κ2) is 12.1. The zero-order valence-corrected chi connectivity index (χ0v) is 18.4. The smallest absolute Gasteiger partial charge is 0.311 e. The lowest BCUT2D eigenvalue weighted by Crippen LogP contribution is -2.23. The molecule has 0 aliphatic heterocycles. The predicted octanol–water partition coefficient (Wildman–Crippen LogP) is 4.92. The van der Waals surface area contributed by atoms with Gasteiger partial charge in [0, 0.05) is 11.4 Å². The van der Waals surface area contributed by atoms with Crippen molar-refractivity contribution in [2.75, 3.05) is 6.61 Å². The number of carbonyl (C=O) groups is 2. The van der Waals surface area contributed by atoms with Gasteiger partial charge in [-0.2, -0.15) is 5.26 Å². The molecule has 2 aromatic carbocycles. The van der Waals surface area contributed by atoms with Crippen LogP contribution < -0.4 is 14.8 Å². The molecular weight excluding hydrogens is 444 g/mol. The molecule has 8 heteroatoms. The molecule has 7 nitrogen and oxygen atoms in total. The third-order valence-electron chi connectivity index (χ3n) is 4.40. The third kappa shape index (κ3) is 7.87. The van der Waals surface area contributed by atoms with E-state index in [0.717, 1.165) is 0 Å². The fourth-order valence-electron chi connectivity index (χ4n) is 2.74. The van der Waals surface area contributed by atoms with Gasteiger partial charge in [-0.3, -0.25) is 9.59 Å². The summed E-state index contributed by atoms with van der Waals surface area (Å²) in [6.45, 7) is 0.559. The van der Waals surface area contributed by atoms with Gasteiger partial charge in [0.15, 0.2) is 0 Å². The second-order valence-corrected chi connectivity index (χ2v) is 7.32. The number of ether oxygens (including phenoxy) is 2. The van der Waals surface area contributed by atoms with Crippen LogP contribution in [0.2, 0.25) is 5.02 Å². The molecule has 168 valence electrons. The summed E-state index contributed by atoms with van der Waals surface area (Å²) in [6, 6.07) is 18.8. The Hall–Kier alpha value is -4.02. The van der Waals surface area contributed by atoms with Crippen LogP contribution in [0, 0.1) is 11.3 Å². The maximum absolute atomic E-state index is 12.2. The first-order valence-electron chi connectivity index (χ1n) is 10.1. The first kappa shape index (κ1) is 23.6. The van der Waals surface area contributed by atoms with Crippen LogP contribution in [0.25, 0.3) is 6.08 Å². The number of furan rings is 1. The second-order valence-electron chi connectivity index (χ2n) is 6.88. The monoisotopic (exact) mass is 464 g/mol. The molecule has 0 radical (unpaired) electrons. The van der Waals surface area contributed by atoms with Crippen molar-refractivity contribution in [1.29, 1.82) is 5.26 Å². The lowest BCUT2D eigenvalue weighted by atomic mass is 10.1. The number of halogens is 1. The summed E-state index contributed by atoms with van der Waals surface area (Å²) in [7, 11) is 0. The van der Waals surface area contributed by atoms with Gasteiger partial charge in [-0.15, -0.1) is 0 Å². The Balaban J connectivity index is 1.44. The Morgan fingerprint density at radius 2 is 1.79 bits per heavy atom. The van der Waals surface area contributed by atoms with E-state index >= 15 is 0 Å². The summed E-state index contributed by atoms with van der Waals surface area (Å²) < 4.78 is 16.0. The Kier molecular flexibility index (Phi) is 8.69. The lowest BCUT2D eigenvalue weighted by molar-refractivity contribution is -0.134. The van der Waals surface area contributed by atoms with Crippen LogP contribution in [0.3, 0.4) is 0 Å². The first-order valence-corrected chi connectivity index (χ1v) is 10.5. The summed E-state index contributed by atoms with van der Waals surface area (Å²) in [5, 5.41) is 12.5. The first-order chi connectivity index (χ1) is 16.0. The van der Waals surface area contributed by atoms with Gasteiger partial charge in [0.2, 0.25) is 0 Å². The van der Waals surface area contributed by atoms with Crippen molar-refractivity contribution < 1.29 is 23.5 Å². The number of nitrogens with one attached hydrogen (secondary N) is 1. The topological polar surface area (TPSA) is 102 Å². The summed E-state index contributed by atoms with van der Waals surface area (Å²) >= 11 is 5.82. The number of carbonyl (C=O) groups excluding carboxylic acids is 2. The third-order valence-corrected chi connectivity index (χ3v) is 4.65. The number of hydrogen-bond donors (Lipinski definition) is 1. The molecule has 0 aliphatic carbocycles. The van der Waals surface area contributed by atoms with Crippen molar-refractivity contribution in [3.8, 4) is 17.6 Å². The molecule has 3 rings (SSSR count). The zero-order valence-electron chi connectivity index (χ0n) is 17.6. The molecule has 0 aliphatic rings. The van der Waals surface area contributed by atoms with Gasteiger partial charge in [0.1, 0.15) is 28.9 Å². The molecule has 0 fully saturated rings. The average Bonchev–Trinajstić information content (AvgIpc) is 3.35. The summed E-state index contributed by atoms with van der Waals surface area (Å²) in [4.78, 5) is 24.2. The number of nitriles is 1. The average molecular weight is 465 g/mol. The van der Waals surface area contributed by atoms with E-state index in [2.05, 4.69) is 5.32 Å². The molecule has 0 spiro atoms. The molecule has 0 bridgehead atoms. The van der Waals surface area contributed by atoms with Gasteiger partial charge in [-0.25, -0.2) is 0 Å². The molecule has 0 atom stereocenters. The number of amides is 1. The minimum absolute atomic E-state index is 0.0491. The fraction of sp³-hybridized carbons (Fsp3) is 0.160. The summed E-state index contributed by atoms with van der Waals surface area (Å²) in [6.07, 6.45) is 3.66. The molecular formula is C25H21ClN2O5. The van der Waals surface area contributed by atoms with Crippen molar-refractivity contribution in [3.05, 3.63) is 88.8 Å². The molecule has 1 aromatic heterocycles. The van der Waals surface area contributed by atoms with Gasteiger partial charge in [0.05, 0.1) is 19.4 Å². The van der Waals surface area contributed by atoms with E-state index in [1.54, 1.807) is 60.7 Å². The van der Waals surface area contributed by atoms with Gasteiger partial charge < -0.3 is 19.2 Å². The zero-order chi connectivity index (χ0) is 23.5. The molecule has 3 aromatic rings. The molecule has 0 saturated carbocycles. The Morgan fingerprint density at radius 3 is 2.45 bits per heavy atom. The fourth-order valence-corrected chi connectivity index (χ4v) is 2.87. The van der Waals surface area contributed by atoms with E-state index < -0.39 is 5.91 Å². The molecule has 1 amide bonds. The molecule has 0 unspecified atom stereocenters. The highest BCUT2D eigenvalue weighted by Crippen LogP contribution is 2.17. The normalized spacial score (nSPS) is 10.8. The quantitative estimate of drug-likeness (QED) is 0.150. The van der Waals surface area contributed by atoms with Crippen LogP contribution in [0.4, 0.5) is 0 Å². The van der Waals surface area contributed by atoms with Gasteiger partial charge >= 0.3 is 5.97 Å².